The van der Waals surface area contributed by atoms with Crippen LogP contribution in [0.4, 0.5) is 11.4 Å². The molecule has 0 saturated heterocycles. The number of nitrogens with zero attached hydrogens (tertiary/aromatic N) is 1. The van der Waals surface area contributed by atoms with E-state index < -0.39 is 5.91 Å². The molecule has 0 atom stereocenters. The smallest absolute Gasteiger partial charge is 0.266 e. The van der Waals surface area contributed by atoms with Crippen LogP contribution in [-0.2, 0) is 9.59 Å². The monoisotopic (exact) mass is 597 g/mol. The number of carbonyl (C=O) groups excluding carboxylic acids is 2. The molecule has 3 aromatic carbocycles. The normalized spacial score (nSPS) is 10.8. The van der Waals surface area contributed by atoms with E-state index in [1.54, 1.807) is 43.5 Å². The van der Waals surface area contributed by atoms with Crippen LogP contribution >= 0.6 is 31.9 Å². The standard InChI is InChI=1S/C26H21Br2N3O4/c1-16-3-5-19(6-4-16)30-24(32)15-35-25-22(27)12-17(13-23(25)28)11-18(14-29)26(33)31-20-7-9-21(34-2)10-8-20/h3-13H,15H2,1-2H3,(H,30,32)(H,31,33)/b18-11+. The van der Waals surface area contributed by atoms with Crippen molar-refractivity contribution in [2.24, 2.45) is 0 Å². The molecule has 0 aliphatic carbocycles. The van der Waals surface area contributed by atoms with E-state index in [1.165, 1.54) is 6.08 Å². The van der Waals surface area contributed by atoms with Crippen molar-refractivity contribution in [2.45, 2.75) is 6.92 Å². The predicted octanol–water partition coefficient (Wildman–Crippen LogP) is 6.09. The van der Waals surface area contributed by atoms with Crippen LogP contribution in [0.15, 0.2) is 75.2 Å². The Morgan fingerprint density at radius 3 is 2.11 bits per heavy atom. The van der Waals surface area contributed by atoms with Crippen molar-refractivity contribution < 1.29 is 19.1 Å². The van der Waals surface area contributed by atoms with Crippen LogP contribution in [0.25, 0.3) is 6.08 Å². The van der Waals surface area contributed by atoms with Crippen molar-refractivity contribution in [3.8, 4) is 17.6 Å². The third-order valence-electron chi connectivity index (χ3n) is 4.73. The summed E-state index contributed by atoms with van der Waals surface area (Å²) >= 11 is 6.86. The Kier molecular flexibility index (Phi) is 9.06. The number of halogens is 2. The molecule has 0 aliphatic rings. The van der Waals surface area contributed by atoms with Gasteiger partial charge in [0.1, 0.15) is 23.1 Å². The molecule has 9 heteroatoms. The molecule has 0 aromatic heterocycles. The Balaban J connectivity index is 1.67. The Morgan fingerprint density at radius 2 is 1.54 bits per heavy atom. The van der Waals surface area contributed by atoms with Crippen LogP contribution in [0.5, 0.6) is 11.5 Å². The molecule has 178 valence electrons. The highest BCUT2D eigenvalue weighted by Crippen LogP contribution is 2.35. The fourth-order valence-electron chi connectivity index (χ4n) is 2.96. The lowest BCUT2D eigenvalue weighted by molar-refractivity contribution is -0.118. The molecular weight excluding hydrogens is 578 g/mol. The van der Waals surface area contributed by atoms with Gasteiger partial charge in [-0.1, -0.05) is 17.7 Å². The highest BCUT2D eigenvalue weighted by molar-refractivity contribution is 9.11. The number of hydrogen-bond donors (Lipinski definition) is 2. The first kappa shape index (κ1) is 26.0. The third-order valence-corrected chi connectivity index (χ3v) is 5.91. The van der Waals surface area contributed by atoms with Crippen molar-refractivity contribution in [1.82, 2.24) is 0 Å². The minimum Gasteiger partial charge on any atom is -0.497 e. The molecule has 0 bridgehead atoms. The zero-order valence-electron chi connectivity index (χ0n) is 18.9. The second-order valence-electron chi connectivity index (χ2n) is 7.37. The summed E-state index contributed by atoms with van der Waals surface area (Å²) in [6, 6.07) is 19.5. The fourth-order valence-corrected chi connectivity index (χ4v) is 4.41. The number of amides is 2. The van der Waals surface area contributed by atoms with Gasteiger partial charge in [0.25, 0.3) is 11.8 Å². The van der Waals surface area contributed by atoms with Gasteiger partial charge < -0.3 is 20.1 Å². The van der Waals surface area contributed by atoms with Crippen LogP contribution in [0.3, 0.4) is 0 Å². The van der Waals surface area contributed by atoms with Gasteiger partial charge in [-0.25, -0.2) is 0 Å². The average molecular weight is 599 g/mol. The minimum absolute atomic E-state index is 0.0780. The van der Waals surface area contributed by atoms with Crippen LogP contribution in [0.1, 0.15) is 11.1 Å². The van der Waals surface area contributed by atoms with Gasteiger partial charge in [-0.15, -0.1) is 0 Å². The number of benzene rings is 3. The van der Waals surface area contributed by atoms with E-state index in [9.17, 15) is 14.9 Å². The SMILES string of the molecule is COc1ccc(NC(=O)/C(C#N)=C/c2cc(Br)c(OCC(=O)Nc3ccc(C)cc3)c(Br)c2)cc1. The molecule has 0 saturated carbocycles. The number of aryl methyl sites for hydroxylation is 1. The van der Waals surface area contributed by atoms with Gasteiger partial charge in [0.05, 0.1) is 16.1 Å². The van der Waals surface area contributed by atoms with E-state index in [4.69, 9.17) is 9.47 Å². The molecule has 7 nitrogen and oxygen atoms in total. The summed E-state index contributed by atoms with van der Waals surface area (Å²) in [6.45, 7) is 1.77. The van der Waals surface area contributed by atoms with Crippen molar-refractivity contribution in [3.05, 3.63) is 86.3 Å². The van der Waals surface area contributed by atoms with Gasteiger partial charge in [-0.2, -0.15) is 5.26 Å². The molecule has 3 aromatic rings. The van der Waals surface area contributed by atoms with Crippen LogP contribution in [0.2, 0.25) is 0 Å². The highest BCUT2D eigenvalue weighted by Gasteiger charge is 2.14. The van der Waals surface area contributed by atoms with Gasteiger partial charge in [0, 0.05) is 11.4 Å². The van der Waals surface area contributed by atoms with Crippen molar-refractivity contribution >= 4 is 61.1 Å². The molecule has 2 N–H and O–H groups in total. The fraction of sp³-hybridized carbons (Fsp3) is 0.115. The lowest BCUT2D eigenvalue weighted by Crippen LogP contribution is -2.20. The van der Waals surface area contributed by atoms with Crippen LogP contribution < -0.4 is 20.1 Å². The maximum atomic E-state index is 12.6. The zero-order valence-corrected chi connectivity index (χ0v) is 22.1. The Bertz CT molecular complexity index is 1270. The Hall–Kier alpha value is -3.61. The highest BCUT2D eigenvalue weighted by atomic mass is 79.9. The molecule has 2 amide bonds. The van der Waals surface area contributed by atoms with E-state index in [1.807, 2.05) is 37.3 Å². The van der Waals surface area contributed by atoms with Gasteiger partial charge in [0.15, 0.2) is 6.61 Å². The van der Waals surface area contributed by atoms with Crippen LogP contribution in [0, 0.1) is 18.3 Å². The molecule has 3 rings (SSSR count). The Morgan fingerprint density at radius 1 is 0.971 bits per heavy atom. The maximum absolute atomic E-state index is 12.6. The summed E-state index contributed by atoms with van der Waals surface area (Å²) in [7, 11) is 1.55. The number of carbonyl (C=O) groups is 2. The molecule has 0 heterocycles. The molecule has 0 aliphatic heterocycles. The first-order valence-corrected chi connectivity index (χ1v) is 11.9. The van der Waals surface area contributed by atoms with E-state index >= 15 is 0 Å². The van der Waals surface area contributed by atoms with Gasteiger partial charge in [-0.3, -0.25) is 9.59 Å². The average Bonchev–Trinajstić information content (AvgIpc) is 2.84. The summed E-state index contributed by atoms with van der Waals surface area (Å²) in [6.07, 6.45) is 1.46. The summed E-state index contributed by atoms with van der Waals surface area (Å²) in [4.78, 5) is 24.8. The lowest BCUT2D eigenvalue weighted by Gasteiger charge is -2.12. The molecule has 35 heavy (non-hydrogen) atoms. The summed E-state index contributed by atoms with van der Waals surface area (Å²) in [5.74, 6) is 0.225. The van der Waals surface area contributed by atoms with Gasteiger partial charge in [-0.05, 0) is 99.0 Å². The maximum Gasteiger partial charge on any atom is 0.266 e. The summed E-state index contributed by atoms with van der Waals surface area (Å²) in [5.41, 5.74) is 2.82. The second-order valence-corrected chi connectivity index (χ2v) is 9.08. The summed E-state index contributed by atoms with van der Waals surface area (Å²) in [5, 5.41) is 15.0. The number of ether oxygens (including phenoxy) is 2. The van der Waals surface area contributed by atoms with E-state index in [0.29, 0.717) is 37.4 Å². The second kappa shape index (κ2) is 12.2. The molecule has 0 fully saturated rings. The van der Waals surface area contributed by atoms with E-state index in [2.05, 4.69) is 42.5 Å². The third kappa shape index (κ3) is 7.44. The van der Waals surface area contributed by atoms with E-state index in [-0.39, 0.29) is 18.1 Å². The largest absolute Gasteiger partial charge is 0.497 e. The lowest BCUT2D eigenvalue weighted by atomic mass is 10.1. The first-order valence-electron chi connectivity index (χ1n) is 10.3. The van der Waals surface area contributed by atoms with Gasteiger partial charge >= 0.3 is 0 Å². The predicted molar refractivity (Wildman–Crippen MR) is 142 cm³/mol. The minimum atomic E-state index is -0.544. The van der Waals surface area contributed by atoms with Crippen molar-refractivity contribution in [2.75, 3.05) is 24.4 Å². The molecular formula is C26H21Br2N3O4. The number of hydrogen-bond acceptors (Lipinski definition) is 5. The van der Waals surface area contributed by atoms with E-state index in [0.717, 1.165) is 5.56 Å². The topological polar surface area (TPSA) is 100 Å². The van der Waals surface area contributed by atoms with Crippen molar-refractivity contribution in [3.63, 3.8) is 0 Å². The van der Waals surface area contributed by atoms with Crippen LogP contribution in [-0.4, -0.2) is 25.5 Å². The number of nitrogens with one attached hydrogen (secondary N) is 2. The molecule has 0 spiro atoms. The number of nitriles is 1. The van der Waals surface area contributed by atoms with Gasteiger partial charge in [0.2, 0.25) is 0 Å². The molecule has 0 unspecified atom stereocenters. The molecule has 0 radical (unpaired) electrons. The number of anilines is 2. The first-order chi connectivity index (χ1) is 16.8. The zero-order chi connectivity index (χ0) is 25.4. The number of rotatable bonds is 8. The number of methoxy groups -OCH3 is 1. The Labute approximate surface area is 220 Å². The van der Waals surface area contributed by atoms with Crippen molar-refractivity contribution in [1.29, 1.82) is 5.26 Å². The quantitative estimate of drug-likeness (QED) is 0.241. The summed E-state index contributed by atoms with van der Waals surface area (Å²) < 4.78 is 11.9.